The first-order valence-corrected chi connectivity index (χ1v) is 9.79. The van der Waals surface area contributed by atoms with Crippen molar-refractivity contribution in [1.29, 1.82) is 0 Å². The molecule has 1 aliphatic heterocycles. The fourth-order valence-electron chi connectivity index (χ4n) is 3.94. The van der Waals surface area contributed by atoms with Crippen LogP contribution in [0.2, 0.25) is 0 Å². The summed E-state index contributed by atoms with van der Waals surface area (Å²) < 4.78 is 0. The van der Waals surface area contributed by atoms with Crippen LogP contribution in [0.5, 0.6) is 0 Å². The lowest BCUT2D eigenvalue weighted by atomic mass is 9.96. The predicted molar refractivity (Wildman–Crippen MR) is 113 cm³/mol. The molecule has 1 aliphatic rings. The second-order valence-corrected chi connectivity index (χ2v) is 7.39. The number of likely N-dealkylation sites (tertiary alicyclic amines) is 1. The Morgan fingerprint density at radius 2 is 1.83 bits per heavy atom. The number of rotatable bonds is 3. The van der Waals surface area contributed by atoms with E-state index in [0.717, 1.165) is 29.4 Å². The van der Waals surface area contributed by atoms with E-state index in [1.807, 2.05) is 48.5 Å². The van der Waals surface area contributed by atoms with Gasteiger partial charge in [0.25, 0.3) is 11.5 Å². The molecule has 0 saturated carbocycles. The molecule has 2 heterocycles. The van der Waals surface area contributed by atoms with Gasteiger partial charge in [0.05, 0.1) is 5.92 Å². The maximum atomic E-state index is 12.9. The molecule has 6 heteroatoms. The maximum Gasteiger partial charge on any atom is 0.255 e. The van der Waals surface area contributed by atoms with Crippen LogP contribution in [0, 0.1) is 5.92 Å². The van der Waals surface area contributed by atoms with E-state index in [9.17, 15) is 14.4 Å². The molecule has 0 spiro atoms. The van der Waals surface area contributed by atoms with Crippen molar-refractivity contribution in [2.45, 2.75) is 12.8 Å². The average Bonchev–Trinajstić information content (AvgIpc) is 2.78. The summed E-state index contributed by atoms with van der Waals surface area (Å²) in [5.74, 6) is -0.194. The molecule has 29 heavy (non-hydrogen) atoms. The smallest absolute Gasteiger partial charge is 0.255 e. The molecule has 0 unspecified atom stereocenters. The lowest BCUT2D eigenvalue weighted by Crippen LogP contribution is -2.44. The third-order valence-electron chi connectivity index (χ3n) is 5.56. The van der Waals surface area contributed by atoms with Crippen LogP contribution in [0.15, 0.2) is 59.5 Å². The Labute approximate surface area is 168 Å². The minimum absolute atomic E-state index is 0.00649. The Balaban J connectivity index is 1.54. The summed E-state index contributed by atoms with van der Waals surface area (Å²) in [6.07, 6.45) is 3.28. The summed E-state index contributed by atoms with van der Waals surface area (Å²) in [5, 5.41) is 4.20. The van der Waals surface area contributed by atoms with Gasteiger partial charge in [-0.05, 0) is 59.7 Å². The molecule has 3 aromatic rings. The molecular formula is C23H23N3O3. The van der Waals surface area contributed by atoms with E-state index in [1.165, 1.54) is 0 Å². The number of nitrogens with zero attached hydrogens (tertiary/aromatic N) is 1. The Bertz CT molecular complexity index is 1120. The van der Waals surface area contributed by atoms with Gasteiger partial charge in [0.2, 0.25) is 5.91 Å². The fraction of sp³-hybridized carbons (Fsp3) is 0.261. The average molecular weight is 389 g/mol. The zero-order valence-corrected chi connectivity index (χ0v) is 16.3. The van der Waals surface area contributed by atoms with Crippen LogP contribution in [-0.4, -0.2) is 41.8 Å². The van der Waals surface area contributed by atoms with Crippen molar-refractivity contribution >= 4 is 22.6 Å². The number of piperidine rings is 1. The van der Waals surface area contributed by atoms with Gasteiger partial charge in [-0.2, -0.15) is 0 Å². The van der Waals surface area contributed by atoms with E-state index in [1.54, 1.807) is 18.1 Å². The molecule has 1 fully saturated rings. The van der Waals surface area contributed by atoms with Gasteiger partial charge in [-0.15, -0.1) is 0 Å². The summed E-state index contributed by atoms with van der Waals surface area (Å²) in [4.78, 5) is 41.1. The standard InChI is InChI=1S/C23H23N3O3/c1-24-21(27)19-3-2-12-26(14-19)23(29)16-6-4-15(5-7-16)17-8-9-20-18(13-17)10-11-25-22(20)28/h4-11,13,19H,2-3,12,14H2,1H3,(H,24,27)(H,25,28)/t19-/m0/s1. The predicted octanol–water partition coefficient (Wildman–Crippen LogP) is 2.79. The highest BCUT2D eigenvalue weighted by Crippen LogP contribution is 2.24. The van der Waals surface area contributed by atoms with Crippen LogP contribution in [0.3, 0.4) is 0 Å². The molecule has 6 nitrogen and oxygen atoms in total. The molecule has 0 aliphatic carbocycles. The van der Waals surface area contributed by atoms with Gasteiger partial charge in [-0.1, -0.05) is 18.2 Å². The number of aromatic amines is 1. The van der Waals surface area contributed by atoms with Gasteiger partial charge in [0.15, 0.2) is 0 Å². The highest BCUT2D eigenvalue weighted by molar-refractivity contribution is 5.95. The molecule has 1 aromatic heterocycles. The number of hydrogen-bond donors (Lipinski definition) is 2. The van der Waals surface area contributed by atoms with E-state index >= 15 is 0 Å². The van der Waals surface area contributed by atoms with Crippen molar-refractivity contribution in [3.8, 4) is 11.1 Å². The lowest BCUT2D eigenvalue weighted by Gasteiger charge is -2.31. The molecule has 1 atom stereocenters. The topological polar surface area (TPSA) is 82.3 Å². The van der Waals surface area contributed by atoms with Crippen LogP contribution < -0.4 is 10.9 Å². The first kappa shape index (κ1) is 18.9. The number of nitrogens with one attached hydrogen (secondary N) is 2. The number of fused-ring (bicyclic) bond motifs is 1. The van der Waals surface area contributed by atoms with Crippen molar-refractivity contribution in [3.63, 3.8) is 0 Å². The van der Waals surface area contributed by atoms with E-state index in [-0.39, 0.29) is 23.3 Å². The number of aromatic nitrogens is 1. The molecular weight excluding hydrogens is 366 g/mol. The summed E-state index contributed by atoms with van der Waals surface area (Å²) in [5.41, 5.74) is 2.47. The summed E-state index contributed by atoms with van der Waals surface area (Å²) in [6.45, 7) is 1.13. The highest BCUT2D eigenvalue weighted by atomic mass is 16.2. The molecule has 2 aromatic carbocycles. The van der Waals surface area contributed by atoms with Gasteiger partial charge in [0.1, 0.15) is 0 Å². The summed E-state index contributed by atoms with van der Waals surface area (Å²) >= 11 is 0. The number of carbonyl (C=O) groups excluding carboxylic acids is 2. The van der Waals surface area contributed by atoms with Crippen LogP contribution in [0.1, 0.15) is 23.2 Å². The van der Waals surface area contributed by atoms with Crippen LogP contribution >= 0.6 is 0 Å². The van der Waals surface area contributed by atoms with Gasteiger partial charge < -0.3 is 15.2 Å². The van der Waals surface area contributed by atoms with Crippen molar-refractivity contribution in [1.82, 2.24) is 15.2 Å². The van der Waals surface area contributed by atoms with Crippen molar-refractivity contribution in [2.24, 2.45) is 5.92 Å². The van der Waals surface area contributed by atoms with Gasteiger partial charge in [0, 0.05) is 37.3 Å². The van der Waals surface area contributed by atoms with Crippen LogP contribution in [0.4, 0.5) is 0 Å². The third kappa shape index (κ3) is 3.78. The summed E-state index contributed by atoms with van der Waals surface area (Å²) in [6, 6.07) is 15.1. The Hall–Kier alpha value is -3.41. The Morgan fingerprint density at radius 1 is 1.07 bits per heavy atom. The largest absolute Gasteiger partial charge is 0.359 e. The van der Waals surface area contributed by atoms with E-state index < -0.39 is 0 Å². The van der Waals surface area contributed by atoms with Gasteiger partial charge in [-0.3, -0.25) is 14.4 Å². The molecule has 2 N–H and O–H groups in total. The maximum absolute atomic E-state index is 12.9. The van der Waals surface area contributed by atoms with Gasteiger partial charge in [-0.25, -0.2) is 0 Å². The monoisotopic (exact) mass is 389 g/mol. The normalized spacial score (nSPS) is 16.6. The first-order chi connectivity index (χ1) is 14.1. The number of benzene rings is 2. The Kier molecular flexibility index (Phi) is 5.16. The molecule has 148 valence electrons. The first-order valence-electron chi connectivity index (χ1n) is 9.79. The zero-order valence-electron chi connectivity index (χ0n) is 16.3. The SMILES string of the molecule is CNC(=O)[C@H]1CCCN(C(=O)c2ccc(-c3ccc4c(=O)[nH]ccc4c3)cc2)C1. The molecule has 4 rings (SSSR count). The van der Waals surface area contributed by atoms with Crippen molar-refractivity contribution < 1.29 is 9.59 Å². The quantitative estimate of drug-likeness (QED) is 0.723. The number of amides is 2. The number of carbonyl (C=O) groups is 2. The minimum Gasteiger partial charge on any atom is -0.359 e. The van der Waals surface area contributed by atoms with E-state index in [0.29, 0.717) is 24.0 Å². The molecule has 0 bridgehead atoms. The number of H-pyrrole nitrogens is 1. The molecule has 2 amide bonds. The number of pyridine rings is 1. The van der Waals surface area contributed by atoms with Gasteiger partial charge >= 0.3 is 0 Å². The van der Waals surface area contributed by atoms with Crippen LogP contribution in [0.25, 0.3) is 21.9 Å². The summed E-state index contributed by atoms with van der Waals surface area (Å²) in [7, 11) is 1.63. The number of hydrogen-bond acceptors (Lipinski definition) is 3. The third-order valence-corrected chi connectivity index (χ3v) is 5.56. The van der Waals surface area contributed by atoms with Crippen LogP contribution in [-0.2, 0) is 4.79 Å². The van der Waals surface area contributed by atoms with E-state index in [4.69, 9.17) is 0 Å². The van der Waals surface area contributed by atoms with Crippen molar-refractivity contribution in [3.05, 3.63) is 70.6 Å². The second kappa shape index (κ2) is 7.91. The second-order valence-electron chi connectivity index (χ2n) is 7.39. The minimum atomic E-state index is -0.141. The zero-order chi connectivity index (χ0) is 20.4. The van der Waals surface area contributed by atoms with E-state index in [2.05, 4.69) is 10.3 Å². The molecule has 1 saturated heterocycles. The molecule has 0 radical (unpaired) electrons. The van der Waals surface area contributed by atoms with Crippen molar-refractivity contribution in [2.75, 3.05) is 20.1 Å². The lowest BCUT2D eigenvalue weighted by molar-refractivity contribution is -0.125. The fourth-order valence-corrected chi connectivity index (χ4v) is 3.94. The Morgan fingerprint density at radius 3 is 2.59 bits per heavy atom. The highest BCUT2D eigenvalue weighted by Gasteiger charge is 2.28.